The van der Waals surface area contributed by atoms with Gasteiger partial charge in [0.25, 0.3) is 0 Å². The van der Waals surface area contributed by atoms with Crippen LogP contribution in [-0.2, 0) is 9.59 Å². The first-order chi connectivity index (χ1) is 12.9. The van der Waals surface area contributed by atoms with E-state index in [1.807, 2.05) is 25.1 Å². The number of aldehydes is 1. The largest absolute Gasteiger partial charge is 0.493 e. The Labute approximate surface area is 166 Å². The zero-order chi connectivity index (χ0) is 19.8. The molecule has 1 fully saturated rings. The topological polar surface area (TPSA) is 63.6 Å². The summed E-state index contributed by atoms with van der Waals surface area (Å²) in [6.07, 6.45) is 8.14. The van der Waals surface area contributed by atoms with E-state index in [0.29, 0.717) is 19.4 Å². The second kappa shape index (κ2) is 10.5. The third kappa shape index (κ3) is 6.10. The molecule has 0 unspecified atom stereocenters. The van der Waals surface area contributed by atoms with Crippen molar-refractivity contribution in [2.45, 2.75) is 51.3 Å². The number of hydrogen-bond acceptors (Lipinski definition) is 3. The predicted octanol–water partition coefficient (Wildman–Crippen LogP) is 4.94. The summed E-state index contributed by atoms with van der Waals surface area (Å²) in [4.78, 5) is 22.1. The van der Waals surface area contributed by atoms with E-state index in [9.17, 15) is 9.59 Å². The minimum absolute atomic E-state index is 0.0453. The highest BCUT2D eigenvalue weighted by atomic mass is 35.5. The number of alkyl halides is 1. The Morgan fingerprint density at radius 1 is 1.30 bits per heavy atom. The van der Waals surface area contributed by atoms with Gasteiger partial charge in [-0.2, -0.15) is 0 Å². The van der Waals surface area contributed by atoms with Gasteiger partial charge < -0.3 is 14.6 Å². The molecule has 0 radical (unpaired) electrons. The van der Waals surface area contributed by atoms with Gasteiger partial charge in [-0.1, -0.05) is 24.3 Å². The number of carbonyl (C=O) groups is 2. The second-order valence-electron chi connectivity index (χ2n) is 7.38. The maximum absolute atomic E-state index is 11.5. The van der Waals surface area contributed by atoms with Gasteiger partial charge in [0.2, 0.25) is 0 Å². The molecule has 0 bridgehead atoms. The molecule has 27 heavy (non-hydrogen) atoms. The summed E-state index contributed by atoms with van der Waals surface area (Å²) in [5.74, 6) is 0.289. The van der Waals surface area contributed by atoms with Crippen molar-refractivity contribution >= 4 is 23.9 Å². The smallest absolute Gasteiger partial charge is 0.303 e. The van der Waals surface area contributed by atoms with E-state index in [1.165, 1.54) is 5.56 Å². The molecule has 0 aliphatic heterocycles. The Hall–Kier alpha value is -1.81. The molecule has 0 amide bonds. The fourth-order valence-corrected chi connectivity index (χ4v) is 4.23. The fraction of sp³-hybridized carbons (Fsp3) is 0.545. The van der Waals surface area contributed by atoms with Gasteiger partial charge in [-0.25, -0.2) is 0 Å². The first kappa shape index (κ1) is 21.5. The van der Waals surface area contributed by atoms with Gasteiger partial charge in [0, 0.05) is 23.6 Å². The number of allylic oxidation sites excluding steroid dienone is 2. The molecule has 5 heteroatoms. The van der Waals surface area contributed by atoms with Crippen LogP contribution >= 0.6 is 11.6 Å². The van der Waals surface area contributed by atoms with Crippen LogP contribution in [-0.4, -0.2) is 29.3 Å². The van der Waals surface area contributed by atoms with E-state index < -0.39 is 5.97 Å². The monoisotopic (exact) mass is 392 g/mol. The first-order valence-corrected chi connectivity index (χ1v) is 10.0. The summed E-state index contributed by atoms with van der Waals surface area (Å²) in [5.41, 5.74) is 2.30. The molecule has 0 saturated heterocycles. The number of rotatable bonds is 10. The van der Waals surface area contributed by atoms with Crippen LogP contribution in [0.3, 0.4) is 0 Å². The van der Waals surface area contributed by atoms with Crippen molar-refractivity contribution in [2.24, 2.45) is 17.8 Å². The maximum Gasteiger partial charge on any atom is 0.303 e. The van der Waals surface area contributed by atoms with Gasteiger partial charge >= 0.3 is 5.97 Å². The lowest BCUT2D eigenvalue weighted by atomic mass is 9.88. The molecular formula is C22H29ClO4. The Kier molecular flexibility index (Phi) is 8.36. The molecule has 1 aromatic rings. The highest BCUT2D eigenvalue weighted by molar-refractivity contribution is 6.21. The number of aryl methyl sites for hydroxylation is 1. The van der Waals surface area contributed by atoms with E-state index in [-0.39, 0.29) is 29.6 Å². The zero-order valence-corrected chi connectivity index (χ0v) is 16.8. The molecule has 0 heterocycles. The summed E-state index contributed by atoms with van der Waals surface area (Å²) in [5, 5.41) is 8.62. The highest BCUT2D eigenvalue weighted by Crippen LogP contribution is 2.42. The molecule has 148 valence electrons. The molecular weight excluding hydrogens is 364 g/mol. The van der Waals surface area contributed by atoms with Gasteiger partial charge in [-0.05, 0) is 62.6 Å². The van der Waals surface area contributed by atoms with Crippen LogP contribution in [0.2, 0.25) is 0 Å². The van der Waals surface area contributed by atoms with Crippen LogP contribution in [0.5, 0.6) is 5.75 Å². The Balaban J connectivity index is 1.95. The number of hydrogen-bond donors (Lipinski definition) is 1. The maximum atomic E-state index is 11.5. The highest BCUT2D eigenvalue weighted by Gasteiger charge is 2.42. The normalized spacial score (nSPS) is 25.0. The summed E-state index contributed by atoms with van der Waals surface area (Å²) >= 11 is 6.54. The lowest BCUT2D eigenvalue weighted by Crippen LogP contribution is -2.25. The number of benzene rings is 1. The van der Waals surface area contributed by atoms with Gasteiger partial charge in [0.05, 0.1) is 6.61 Å². The summed E-state index contributed by atoms with van der Waals surface area (Å²) in [6.45, 7) is 4.57. The van der Waals surface area contributed by atoms with E-state index in [2.05, 4.69) is 19.1 Å². The van der Waals surface area contributed by atoms with Crippen molar-refractivity contribution in [3.05, 3.63) is 41.5 Å². The number of ether oxygens (including phenoxy) is 1. The second-order valence-corrected chi connectivity index (χ2v) is 7.94. The number of carboxylic acid groups (broad SMARTS) is 1. The van der Waals surface area contributed by atoms with Crippen LogP contribution in [0.15, 0.2) is 30.4 Å². The van der Waals surface area contributed by atoms with Crippen LogP contribution in [0.1, 0.15) is 43.2 Å². The molecule has 2 rings (SSSR count). The predicted molar refractivity (Wildman–Crippen MR) is 107 cm³/mol. The molecule has 4 atom stereocenters. The average Bonchev–Trinajstić information content (AvgIpc) is 2.94. The third-order valence-corrected chi connectivity index (χ3v) is 6.06. The first-order valence-electron chi connectivity index (χ1n) is 9.59. The van der Waals surface area contributed by atoms with Crippen molar-refractivity contribution in [1.82, 2.24) is 0 Å². The number of halogens is 1. The SMILES string of the molecule is Cc1cccc(OC[C@@H]2[C@@H](C/C=C\CCCC(=O)O)[C@H](Cl)C[C@H]2C=O)c1C. The van der Waals surface area contributed by atoms with Crippen molar-refractivity contribution in [2.75, 3.05) is 6.61 Å². The molecule has 4 nitrogen and oxygen atoms in total. The molecule has 0 spiro atoms. The third-order valence-electron chi connectivity index (χ3n) is 5.56. The number of carbonyl (C=O) groups excluding carboxylic acids is 1. The van der Waals surface area contributed by atoms with Gasteiger partial charge in [0.15, 0.2) is 0 Å². The van der Waals surface area contributed by atoms with Crippen LogP contribution in [0.4, 0.5) is 0 Å². The molecule has 1 aromatic carbocycles. The Morgan fingerprint density at radius 2 is 2.07 bits per heavy atom. The lowest BCUT2D eigenvalue weighted by molar-refractivity contribution is -0.137. The van der Waals surface area contributed by atoms with Crippen molar-refractivity contribution in [3.8, 4) is 5.75 Å². The van der Waals surface area contributed by atoms with E-state index in [1.54, 1.807) is 0 Å². The lowest BCUT2D eigenvalue weighted by Gasteiger charge is -2.23. The number of aliphatic carboxylic acids is 1. The zero-order valence-electron chi connectivity index (χ0n) is 16.1. The van der Waals surface area contributed by atoms with E-state index in [4.69, 9.17) is 21.4 Å². The van der Waals surface area contributed by atoms with Gasteiger partial charge in [0.1, 0.15) is 12.0 Å². The minimum atomic E-state index is -0.766. The van der Waals surface area contributed by atoms with Crippen molar-refractivity contribution in [1.29, 1.82) is 0 Å². The van der Waals surface area contributed by atoms with E-state index >= 15 is 0 Å². The summed E-state index contributed by atoms with van der Waals surface area (Å²) in [6, 6.07) is 5.99. The van der Waals surface area contributed by atoms with Gasteiger partial charge in [-0.3, -0.25) is 4.79 Å². The van der Waals surface area contributed by atoms with Crippen molar-refractivity contribution in [3.63, 3.8) is 0 Å². The fourth-order valence-electron chi connectivity index (χ4n) is 3.73. The van der Waals surface area contributed by atoms with E-state index in [0.717, 1.165) is 30.4 Å². The molecule has 0 aromatic heterocycles. The Morgan fingerprint density at radius 3 is 2.78 bits per heavy atom. The molecule has 1 N–H and O–H groups in total. The summed E-state index contributed by atoms with van der Waals surface area (Å²) in [7, 11) is 0. The standard InChI is InChI=1S/C22H29ClO4/c1-15-8-7-10-21(16(15)2)27-14-19-17(13-24)12-20(23)18(19)9-5-3-4-6-11-22(25)26/h3,5,7-8,10,13,17-20H,4,6,9,11-12,14H2,1-2H3,(H,25,26)/b5-3-/t17-,18+,19-,20+/m0/s1. The molecule has 1 aliphatic rings. The molecule has 1 saturated carbocycles. The number of carboxylic acids is 1. The quantitative estimate of drug-likeness (QED) is 0.265. The Bertz CT molecular complexity index is 670. The number of unbranched alkanes of at least 4 members (excludes halogenated alkanes) is 1. The van der Waals surface area contributed by atoms with Crippen molar-refractivity contribution < 1.29 is 19.4 Å². The molecule has 1 aliphatic carbocycles. The minimum Gasteiger partial charge on any atom is -0.493 e. The van der Waals surface area contributed by atoms with Crippen LogP contribution in [0.25, 0.3) is 0 Å². The van der Waals surface area contributed by atoms with Gasteiger partial charge in [-0.15, -0.1) is 11.6 Å². The van der Waals surface area contributed by atoms with Crippen LogP contribution in [0, 0.1) is 31.6 Å². The summed E-state index contributed by atoms with van der Waals surface area (Å²) < 4.78 is 6.08. The van der Waals surface area contributed by atoms with Crippen LogP contribution < -0.4 is 4.74 Å². The average molecular weight is 393 g/mol.